The Labute approximate surface area is 122 Å². The highest BCUT2D eigenvalue weighted by atomic mass is 32.2. The van der Waals surface area contributed by atoms with E-state index in [2.05, 4.69) is 54.7 Å². The maximum absolute atomic E-state index is 3.63. The molecule has 1 aliphatic heterocycles. The Morgan fingerprint density at radius 1 is 1.32 bits per heavy atom. The zero-order chi connectivity index (χ0) is 13.7. The Bertz CT molecular complexity index is 371. The number of nitrogens with zero attached hydrogens (tertiary/aromatic N) is 1. The smallest absolute Gasteiger partial charge is 0.0317 e. The van der Waals surface area contributed by atoms with Crippen molar-refractivity contribution in [3.63, 3.8) is 0 Å². The third-order valence-electron chi connectivity index (χ3n) is 4.18. The summed E-state index contributed by atoms with van der Waals surface area (Å²) in [5.41, 5.74) is 1.41. The predicted octanol–water partition coefficient (Wildman–Crippen LogP) is 3.54. The first-order chi connectivity index (χ1) is 9.20. The molecule has 0 aliphatic carbocycles. The van der Waals surface area contributed by atoms with Crippen molar-refractivity contribution in [3.8, 4) is 0 Å². The van der Waals surface area contributed by atoms with Crippen LogP contribution >= 0.6 is 11.8 Å². The number of rotatable bonds is 5. The monoisotopic (exact) mass is 278 g/mol. The molecule has 2 rings (SSSR count). The second-order valence-electron chi connectivity index (χ2n) is 5.54. The van der Waals surface area contributed by atoms with Gasteiger partial charge >= 0.3 is 0 Å². The van der Waals surface area contributed by atoms with Crippen LogP contribution in [0.5, 0.6) is 0 Å². The number of likely N-dealkylation sites (N-methyl/N-ethyl adjacent to an activating group) is 1. The molecule has 0 aromatic heterocycles. The lowest BCUT2D eigenvalue weighted by Crippen LogP contribution is -2.43. The van der Waals surface area contributed by atoms with Gasteiger partial charge in [-0.25, -0.2) is 0 Å². The molecular weight excluding hydrogens is 252 g/mol. The van der Waals surface area contributed by atoms with Crippen molar-refractivity contribution in [3.05, 3.63) is 29.8 Å². The van der Waals surface area contributed by atoms with Crippen molar-refractivity contribution in [1.82, 2.24) is 10.2 Å². The molecule has 106 valence electrons. The third kappa shape index (κ3) is 4.23. The zero-order valence-corrected chi connectivity index (χ0v) is 13.2. The summed E-state index contributed by atoms with van der Waals surface area (Å²) in [4.78, 5) is 3.81. The minimum absolute atomic E-state index is 0.486. The maximum Gasteiger partial charge on any atom is 0.0317 e. The van der Waals surface area contributed by atoms with Crippen molar-refractivity contribution in [1.29, 1.82) is 0 Å². The fourth-order valence-corrected chi connectivity index (χ4v) is 3.13. The van der Waals surface area contributed by atoms with Crippen LogP contribution in [0.3, 0.4) is 0 Å². The van der Waals surface area contributed by atoms with E-state index in [1.54, 1.807) is 11.8 Å². The van der Waals surface area contributed by atoms with Crippen LogP contribution in [-0.4, -0.2) is 37.3 Å². The van der Waals surface area contributed by atoms with Gasteiger partial charge in [0.15, 0.2) is 0 Å². The van der Waals surface area contributed by atoms with Gasteiger partial charge in [-0.2, -0.15) is 0 Å². The Morgan fingerprint density at radius 3 is 2.63 bits per heavy atom. The average Bonchev–Trinajstić information content (AvgIpc) is 2.47. The molecule has 2 unspecified atom stereocenters. The summed E-state index contributed by atoms with van der Waals surface area (Å²) in [5, 5.41) is 3.63. The maximum atomic E-state index is 3.63. The van der Waals surface area contributed by atoms with Gasteiger partial charge in [-0.05, 0) is 57.3 Å². The second-order valence-corrected chi connectivity index (χ2v) is 6.42. The highest BCUT2D eigenvalue weighted by Crippen LogP contribution is 2.23. The van der Waals surface area contributed by atoms with Crippen LogP contribution in [0.15, 0.2) is 29.2 Å². The van der Waals surface area contributed by atoms with Crippen LogP contribution in [0.2, 0.25) is 0 Å². The summed E-state index contributed by atoms with van der Waals surface area (Å²) in [7, 11) is 2.24. The van der Waals surface area contributed by atoms with E-state index in [0.29, 0.717) is 12.1 Å². The highest BCUT2D eigenvalue weighted by molar-refractivity contribution is 7.98. The molecule has 0 spiro atoms. The summed E-state index contributed by atoms with van der Waals surface area (Å²) in [6.07, 6.45) is 6.16. The van der Waals surface area contributed by atoms with E-state index in [0.717, 1.165) is 6.54 Å². The topological polar surface area (TPSA) is 15.3 Å². The van der Waals surface area contributed by atoms with Crippen LogP contribution in [-0.2, 0) is 0 Å². The SMILES string of the molecule is CSc1ccc(C(C)N(C)CC2CCCCN2)cc1. The summed E-state index contributed by atoms with van der Waals surface area (Å²) in [6.45, 7) is 4.64. The lowest BCUT2D eigenvalue weighted by atomic mass is 10.0. The van der Waals surface area contributed by atoms with Crippen LogP contribution in [0.25, 0.3) is 0 Å². The van der Waals surface area contributed by atoms with Gasteiger partial charge in [-0.1, -0.05) is 18.6 Å². The number of nitrogens with one attached hydrogen (secondary N) is 1. The molecule has 1 heterocycles. The summed E-state index contributed by atoms with van der Waals surface area (Å²) >= 11 is 1.80. The highest BCUT2D eigenvalue weighted by Gasteiger charge is 2.18. The number of thioether (sulfide) groups is 1. The fraction of sp³-hybridized carbons (Fsp3) is 0.625. The summed E-state index contributed by atoms with van der Waals surface area (Å²) in [6, 6.07) is 10.1. The van der Waals surface area contributed by atoms with Gasteiger partial charge in [0, 0.05) is 23.5 Å². The fourth-order valence-electron chi connectivity index (χ4n) is 2.72. The van der Waals surface area contributed by atoms with Crippen LogP contribution in [0.4, 0.5) is 0 Å². The first kappa shape index (κ1) is 14.9. The van der Waals surface area contributed by atoms with Gasteiger partial charge < -0.3 is 5.32 Å². The van der Waals surface area contributed by atoms with Crippen LogP contribution in [0, 0.1) is 0 Å². The minimum atomic E-state index is 0.486. The molecule has 1 aromatic carbocycles. The quantitative estimate of drug-likeness (QED) is 0.829. The lowest BCUT2D eigenvalue weighted by molar-refractivity contribution is 0.214. The van der Waals surface area contributed by atoms with Gasteiger partial charge in [-0.3, -0.25) is 4.90 Å². The molecule has 19 heavy (non-hydrogen) atoms. The lowest BCUT2D eigenvalue weighted by Gasteiger charge is -2.32. The molecule has 0 bridgehead atoms. The molecule has 1 aliphatic rings. The van der Waals surface area contributed by atoms with E-state index in [1.807, 2.05) is 0 Å². The zero-order valence-electron chi connectivity index (χ0n) is 12.4. The van der Waals surface area contributed by atoms with Crippen molar-refractivity contribution in [2.75, 3.05) is 26.4 Å². The largest absolute Gasteiger partial charge is 0.313 e. The number of hydrogen-bond acceptors (Lipinski definition) is 3. The van der Waals surface area contributed by atoms with E-state index in [1.165, 1.54) is 36.3 Å². The van der Waals surface area contributed by atoms with E-state index < -0.39 is 0 Å². The molecule has 1 saturated heterocycles. The van der Waals surface area contributed by atoms with Crippen molar-refractivity contribution < 1.29 is 0 Å². The van der Waals surface area contributed by atoms with Gasteiger partial charge in [0.05, 0.1) is 0 Å². The molecule has 1 N–H and O–H groups in total. The molecular formula is C16H26N2S. The van der Waals surface area contributed by atoms with Gasteiger partial charge in [0.2, 0.25) is 0 Å². The molecule has 2 atom stereocenters. The molecule has 0 amide bonds. The molecule has 0 radical (unpaired) electrons. The Morgan fingerprint density at radius 2 is 2.05 bits per heavy atom. The number of benzene rings is 1. The van der Waals surface area contributed by atoms with E-state index in [9.17, 15) is 0 Å². The Balaban J connectivity index is 1.91. The Kier molecular flexibility index (Phi) is 5.74. The predicted molar refractivity (Wildman–Crippen MR) is 84.9 cm³/mol. The molecule has 0 saturated carbocycles. The third-order valence-corrected chi connectivity index (χ3v) is 4.92. The normalized spacial score (nSPS) is 21.6. The van der Waals surface area contributed by atoms with Crippen molar-refractivity contribution in [2.24, 2.45) is 0 Å². The number of hydrogen-bond donors (Lipinski definition) is 1. The molecule has 2 nitrogen and oxygen atoms in total. The first-order valence-corrected chi connectivity index (χ1v) is 8.50. The summed E-state index contributed by atoms with van der Waals surface area (Å²) < 4.78 is 0. The standard InChI is InChI=1S/C16H26N2S/c1-13(14-7-9-16(19-3)10-8-14)18(2)12-15-6-4-5-11-17-15/h7-10,13,15,17H,4-6,11-12H2,1-3H3. The average molecular weight is 278 g/mol. The minimum Gasteiger partial charge on any atom is -0.313 e. The number of piperidine rings is 1. The second kappa shape index (κ2) is 7.32. The molecule has 1 aromatic rings. The van der Waals surface area contributed by atoms with Crippen molar-refractivity contribution >= 4 is 11.8 Å². The first-order valence-electron chi connectivity index (χ1n) is 7.28. The van der Waals surface area contributed by atoms with E-state index >= 15 is 0 Å². The van der Waals surface area contributed by atoms with E-state index in [4.69, 9.17) is 0 Å². The van der Waals surface area contributed by atoms with Crippen LogP contribution < -0.4 is 5.32 Å². The summed E-state index contributed by atoms with van der Waals surface area (Å²) in [5.74, 6) is 0. The molecule has 3 heteroatoms. The van der Waals surface area contributed by atoms with E-state index in [-0.39, 0.29) is 0 Å². The molecule has 1 fully saturated rings. The van der Waals surface area contributed by atoms with Gasteiger partial charge in [0.1, 0.15) is 0 Å². The van der Waals surface area contributed by atoms with Gasteiger partial charge in [0.25, 0.3) is 0 Å². The Hall–Kier alpha value is -0.510. The van der Waals surface area contributed by atoms with Crippen molar-refractivity contribution in [2.45, 2.75) is 43.2 Å². The van der Waals surface area contributed by atoms with Crippen LogP contribution in [0.1, 0.15) is 37.8 Å². The van der Waals surface area contributed by atoms with Gasteiger partial charge in [-0.15, -0.1) is 11.8 Å².